The van der Waals surface area contributed by atoms with Gasteiger partial charge in [-0.25, -0.2) is 0 Å². The Kier molecular flexibility index (Phi) is 4.65. The highest BCUT2D eigenvalue weighted by Crippen LogP contribution is 2.25. The first-order valence-corrected chi connectivity index (χ1v) is 7.02. The first-order valence-electron chi connectivity index (χ1n) is 5.82. The third kappa shape index (κ3) is 3.20. The largest absolute Gasteiger partial charge is 0.371 e. The number of hydrogen-bond donors (Lipinski definition) is 1. The van der Waals surface area contributed by atoms with E-state index in [1.165, 1.54) is 30.6 Å². The zero-order chi connectivity index (χ0) is 11.4. The second-order valence-electron chi connectivity index (χ2n) is 4.23. The highest BCUT2D eigenvalue weighted by Gasteiger charge is 2.24. The lowest BCUT2D eigenvalue weighted by atomic mass is 9.92. The van der Waals surface area contributed by atoms with E-state index in [0.717, 1.165) is 4.34 Å². The summed E-state index contributed by atoms with van der Waals surface area (Å²) >= 11 is 7.49. The molecule has 0 amide bonds. The maximum absolute atomic E-state index is 5.98. The monoisotopic (exact) mass is 259 g/mol. The van der Waals surface area contributed by atoms with Gasteiger partial charge in [0.2, 0.25) is 0 Å². The summed E-state index contributed by atoms with van der Waals surface area (Å²) in [5.74, 6) is 0. The molecule has 16 heavy (non-hydrogen) atoms. The molecule has 0 aliphatic heterocycles. The van der Waals surface area contributed by atoms with E-state index in [0.29, 0.717) is 18.8 Å². The quantitative estimate of drug-likeness (QED) is 0.894. The van der Waals surface area contributed by atoms with Crippen LogP contribution in [0.2, 0.25) is 4.34 Å². The average molecular weight is 260 g/mol. The van der Waals surface area contributed by atoms with Crippen LogP contribution in [0.15, 0.2) is 12.1 Å². The Morgan fingerprint density at radius 3 is 2.94 bits per heavy atom. The lowest BCUT2D eigenvalue weighted by molar-refractivity contribution is -0.00241. The van der Waals surface area contributed by atoms with Crippen LogP contribution in [0.5, 0.6) is 0 Å². The first kappa shape index (κ1) is 12.4. The van der Waals surface area contributed by atoms with E-state index in [9.17, 15) is 0 Å². The fourth-order valence-corrected chi connectivity index (χ4v) is 3.25. The van der Waals surface area contributed by atoms with Gasteiger partial charge >= 0.3 is 0 Å². The predicted octanol–water partition coefficient (Wildman–Crippen LogP) is 3.45. The minimum absolute atomic E-state index is 0.361. The van der Waals surface area contributed by atoms with Crippen molar-refractivity contribution < 1.29 is 4.74 Å². The molecular formula is C12H18ClNOS. The molecule has 0 spiro atoms. The summed E-state index contributed by atoms with van der Waals surface area (Å²) in [6.07, 6.45) is 5.36. The smallest absolute Gasteiger partial charge is 0.0932 e. The van der Waals surface area contributed by atoms with Crippen molar-refractivity contribution in [1.29, 1.82) is 0 Å². The predicted molar refractivity (Wildman–Crippen MR) is 69.2 cm³/mol. The fourth-order valence-electron chi connectivity index (χ4n) is 2.25. The molecule has 2 unspecified atom stereocenters. The van der Waals surface area contributed by atoms with Crippen LogP contribution in [-0.4, -0.2) is 19.2 Å². The summed E-state index contributed by atoms with van der Waals surface area (Å²) in [6.45, 7) is 0.695. The second kappa shape index (κ2) is 6.01. The van der Waals surface area contributed by atoms with Crippen LogP contribution in [0.3, 0.4) is 0 Å². The van der Waals surface area contributed by atoms with Crippen LogP contribution >= 0.6 is 22.9 Å². The summed E-state index contributed by atoms with van der Waals surface area (Å²) in [4.78, 5) is 1.21. The molecule has 2 rings (SSSR count). The molecule has 0 radical (unpaired) electrons. The number of nitrogens with one attached hydrogen (secondary N) is 1. The van der Waals surface area contributed by atoms with Crippen molar-refractivity contribution in [1.82, 2.24) is 5.32 Å². The van der Waals surface area contributed by atoms with Crippen molar-refractivity contribution in [3.05, 3.63) is 21.3 Å². The maximum Gasteiger partial charge on any atom is 0.0932 e. The van der Waals surface area contributed by atoms with Crippen molar-refractivity contribution in [2.45, 2.75) is 44.4 Å². The molecule has 1 saturated carbocycles. The molecule has 4 heteroatoms. The van der Waals surface area contributed by atoms with Crippen LogP contribution in [0.4, 0.5) is 0 Å². The van der Waals surface area contributed by atoms with E-state index < -0.39 is 0 Å². The molecule has 1 heterocycles. The highest BCUT2D eigenvalue weighted by atomic mass is 35.5. The van der Waals surface area contributed by atoms with Crippen molar-refractivity contribution in [3.63, 3.8) is 0 Å². The van der Waals surface area contributed by atoms with Gasteiger partial charge in [-0.05, 0) is 32.0 Å². The normalized spacial score (nSPS) is 25.9. The average Bonchev–Trinajstić information content (AvgIpc) is 2.73. The van der Waals surface area contributed by atoms with E-state index in [-0.39, 0.29) is 0 Å². The summed E-state index contributed by atoms with van der Waals surface area (Å²) in [5, 5.41) is 3.35. The van der Waals surface area contributed by atoms with Gasteiger partial charge in [0, 0.05) is 10.9 Å². The summed E-state index contributed by atoms with van der Waals surface area (Å²) in [7, 11) is 2.02. The maximum atomic E-state index is 5.98. The first-order chi connectivity index (χ1) is 7.79. The molecule has 1 aliphatic carbocycles. The van der Waals surface area contributed by atoms with Gasteiger partial charge in [0.1, 0.15) is 0 Å². The molecule has 2 atom stereocenters. The minimum atomic E-state index is 0.361. The SMILES string of the molecule is CNC1CCCCC1OCc1ccc(Cl)s1. The van der Waals surface area contributed by atoms with Crippen LogP contribution in [0, 0.1) is 0 Å². The Hall–Kier alpha value is -0.0900. The number of rotatable bonds is 4. The molecule has 1 fully saturated rings. The van der Waals surface area contributed by atoms with Gasteiger partial charge in [-0.2, -0.15) is 0 Å². The molecule has 1 N–H and O–H groups in total. The van der Waals surface area contributed by atoms with E-state index >= 15 is 0 Å². The Morgan fingerprint density at radius 1 is 1.44 bits per heavy atom. The number of hydrogen-bond acceptors (Lipinski definition) is 3. The van der Waals surface area contributed by atoms with E-state index in [1.54, 1.807) is 11.3 Å². The molecule has 0 bridgehead atoms. The number of likely N-dealkylation sites (N-methyl/N-ethyl adjacent to an activating group) is 1. The molecule has 2 nitrogen and oxygen atoms in total. The van der Waals surface area contributed by atoms with Gasteiger partial charge in [-0.1, -0.05) is 24.4 Å². The number of ether oxygens (including phenoxy) is 1. The lowest BCUT2D eigenvalue weighted by Gasteiger charge is -2.31. The molecule has 0 aromatic carbocycles. The van der Waals surface area contributed by atoms with Gasteiger partial charge < -0.3 is 10.1 Å². The highest BCUT2D eigenvalue weighted by molar-refractivity contribution is 7.16. The van der Waals surface area contributed by atoms with Crippen LogP contribution in [0.1, 0.15) is 30.6 Å². The van der Waals surface area contributed by atoms with Crippen molar-refractivity contribution in [3.8, 4) is 0 Å². The Bertz CT molecular complexity index is 329. The van der Waals surface area contributed by atoms with Gasteiger partial charge in [-0.3, -0.25) is 0 Å². The van der Waals surface area contributed by atoms with E-state index in [4.69, 9.17) is 16.3 Å². The summed E-state index contributed by atoms with van der Waals surface area (Å²) in [6, 6.07) is 4.50. The van der Waals surface area contributed by atoms with Crippen molar-refractivity contribution >= 4 is 22.9 Å². The van der Waals surface area contributed by atoms with Crippen LogP contribution in [-0.2, 0) is 11.3 Å². The molecular weight excluding hydrogens is 242 g/mol. The van der Waals surface area contributed by atoms with Crippen LogP contribution in [0.25, 0.3) is 0 Å². The van der Waals surface area contributed by atoms with Gasteiger partial charge in [-0.15, -0.1) is 11.3 Å². The molecule has 1 aliphatic rings. The lowest BCUT2D eigenvalue weighted by Crippen LogP contribution is -2.41. The summed E-state index contributed by atoms with van der Waals surface area (Å²) in [5.41, 5.74) is 0. The molecule has 1 aromatic heterocycles. The molecule has 90 valence electrons. The molecule has 1 aromatic rings. The zero-order valence-electron chi connectivity index (χ0n) is 9.54. The topological polar surface area (TPSA) is 21.3 Å². The van der Waals surface area contributed by atoms with Crippen LogP contribution < -0.4 is 5.32 Å². The third-order valence-electron chi connectivity index (χ3n) is 3.14. The summed E-state index contributed by atoms with van der Waals surface area (Å²) < 4.78 is 6.82. The van der Waals surface area contributed by atoms with Gasteiger partial charge in [0.25, 0.3) is 0 Å². The standard InChI is InChI=1S/C12H18ClNOS/c1-14-10-4-2-3-5-11(10)15-8-9-6-7-12(13)16-9/h6-7,10-11,14H,2-5,8H2,1H3. The minimum Gasteiger partial charge on any atom is -0.371 e. The van der Waals surface area contributed by atoms with Crippen molar-refractivity contribution in [2.24, 2.45) is 0 Å². The second-order valence-corrected chi connectivity index (χ2v) is 6.03. The Balaban J connectivity index is 1.84. The number of thiophene rings is 1. The Morgan fingerprint density at radius 2 is 2.25 bits per heavy atom. The Labute approximate surface area is 106 Å². The third-order valence-corrected chi connectivity index (χ3v) is 4.35. The van der Waals surface area contributed by atoms with E-state index in [2.05, 4.69) is 5.32 Å². The van der Waals surface area contributed by atoms with E-state index in [1.807, 2.05) is 19.2 Å². The number of halogens is 1. The fraction of sp³-hybridized carbons (Fsp3) is 0.667. The zero-order valence-corrected chi connectivity index (χ0v) is 11.1. The molecule has 0 saturated heterocycles. The van der Waals surface area contributed by atoms with Gasteiger partial charge in [0.05, 0.1) is 17.0 Å². The van der Waals surface area contributed by atoms with Crippen molar-refractivity contribution in [2.75, 3.05) is 7.05 Å². The van der Waals surface area contributed by atoms with Gasteiger partial charge in [0.15, 0.2) is 0 Å².